The normalized spacial score (nSPS) is 12.2. The molecule has 2 N–H and O–H groups in total. The molecule has 21 heavy (non-hydrogen) atoms. The molecule has 0 fully saturated rings. The Morgan fingerprint density at radius 2 is 1.52 bits per heavy atom. The van der Waals surface area contributed by atoms with Crippen molar-refractivity contribution >= 4 is 28.4 Å². The van der Waals surface area contributed by atoms with Crippen LogP contribution in [0, 0.1) is 0 Å². The molecule has 0 aromatic heterocycles. The highest BCUT2D eigenvalue weighted by molar-refractivity contribution is 8.00. The average Bonchev–Trinajstić information content (AvgIpc) is 2.53. The zero-order valence-corrected chi connectivity index (χ0v) is 12.2. The predicted octanol–water partition coefficient (Wildman–Crippen LogP) is 4.16. The van der Waals surface area contributed by atoms with Gasteiger partial charge in [-0.3, -0.25) is 4.79 Å². The molecule has 0 aliphatic rings. The summed E-state index contributed by atoms with van der Waals surface area (Å²) in [7, 11) is 0. The van der Waals surface area contributed by atoms with Crippen LogP contribution in [0.2, 0.25) is 0 Å². The molecule has 3 aromatic carbocycles. The summed E-state index contributed by atoms with van der Waals surface area (Å²) in [4.78, 5) is 12.8. The van der Waals surface area contributed by atoms with E-state index in [0.29, 0.717) is 0 Å². The molecule has 1 unspecified atom stereocenters. The number of carbonyl (C=O) groups excluding carboxylic acids is 1. The first-order chi connectivity index (χ1) is 10.2. The lowest BCUT2D eigenvalue weighted by Crippen LogP contribution is -2.18. The Morgan fingerprint density at radius 3 is 2.24 bits per heavy atom. The van der Waals surface area contributed by atoms with Gasteiger partial charge < -0.3 is 5.73 Å². The fourth-order valence-electron chi connectivity index (χ4n) is 2.30. The number of carbonyl (C=O) groups is 1. The molecule has 0 aliphatic carbocycles. The fourth-order valence-corrected chi connectivity index (χ4v) is 3.32. The molecule has 1 atom stereocenters. The largest absolute Gasteiger partial charge is 0.368 e. The minimum absolute atomic E-state index is 0.320. The molecule has 1 amide bonds. The van der Waals surface area contributed by atoms with E-state index >= 15 is 0 Å². The number of primary amides is 1. The Bertz CT molecular complexity index is 770. The van der Waals surface area contributed by atoms with E-state index in [-0.39, 0.29) is 11.2 Å². The maximum absolute atomic E-state index is 11.8. The number of amides is 1. The highest BCUT2D eigenvalue weighted by Crippen LogP contribution is 2.36. The molecule has 0 bridgehead atoms. The first-order valence-electron chi connectivity index (χ1n) is 6.74. The molecule has 3 aromatic rings. The van der Waals surface area contributed by atoms with Gasteiger partial charge >= 0.3 is 0 Å². The second-order valence-corrected chi connectivity index (χ2v) is 6.00. The monoisotopic (exact) mass is 293 g/mol. The van der Waals surface area contributed by atoms with Gasteiger partial charge in [-0.1, -0.05) is 60.7 Å². The standard InChI is InChI=1S/C18H15NOS/c19-18(20)17(14-7-2-1-3-8-14)21-16-11-10-13-6-4-5-9-15(13)12-16/h1-12,17H,(H2,19,20). The average molecular weight is 293 g/mol. The van der Waals surface area contributed by atoms with E-state index in [9.17, 15) is 4.79 Å². The maximum atomic E-state index is 11.8. The Kier molecular flexibility index (Phi) is 3.93. The smallest absolute Gasteiger partial charge is 0.235 e. The molecule has 0 spiro atoms. The lowest BCUT2D eigenvalue weighted by atomic mass is 10.1. The van der Waals surface area contributed by atoms with Crippen LogP contribution in [-0.2, 0) is 4.79 Å². The van der Waals surface area contributed by atoms with Crippen molar-refractivity contribution < 1.29 is 4.79 Å². The van der Waals surface area contributed by atoms with E-state index < -0.39 is 0 Å². The van der Waals surface area contributed by atoms with Gasteiger partial charge in [0.05, 0.1) is 0 Å². The highest BCUT2D eigenvalue weighted by Gasteiger charge is 2.19. The van der Waals surface area contributed by atoms with Crippen molar-refractivity contribution in [3.8, 4) is 0 Å². The van der Waals surface area contributed by atoms with Crippen LogP contribution in [-0.4, -0.2) is 5.91 Å². The second kappa shape index (κ2) is 6.02. The van der Waals surface area contributed by atoms with Gasteiger partial charge in [-0.2, -0.15) is 0 Å². The third-order valence-corrected chi connectivity index (χ3v) is 4.60. The van der Waals surface area contributed by atoms with Crippen LogP contribution in [0.3, 0.4) is 0 Å². The second-order valence-electron chi connectivity index (χ2n) is 4.82. The van der Waals surface area contributed by atoms with Gasteiger partial charge in [0.2, 0.25) is 5.91 Å². The number of hydrogen-bond acceptors (Lipinski definition) is 2. The summed E-state index contributed by atoms with van der Waals surface area (Å²) in [5.74, 6) is -0.320. The molecule has 0 radical (unpaired) electrons. The van der Waals surface area contributed by atoms with Gasteiger partial charge in [0.15, 0.2) is 0 Å². The number of hydrogen-bond donors (Lipinski definition) is 1. The third-order valence-electron chi connectivity index (χ3n) is 3.34. The summed E-state index contributed by atoms with van der Waals surface area (Å²) in [5.41, 5.74) is 6.50. The first kappa shape index (κ1) is 13.7. The summed E-state index contributed by atoms with van der Waals surface area (Å²) < 4.78 is 0. The van der Waals surface area contributed by atoms with Crippen LogP contribution in [0.4, 0.5) is 0 Å². The SMILES string of the molecule is NC(=O)C(Sc1ccc2ccccc2c1)c1ccccc1. The van der Waals surface area contributed by atoms with Crippen molar-refractivity contribution in [2.75, 3.05) is 0 Å². The number of thioether (sulfide) groups is 1. The van der Waals surface area contributed by atoms with E-state index in [1.165, 1.54) is 22.5 Å². The van der Waals surface area contributed by atoms with Gasteiger partial charge in [-0.15, -0.1) is 11.8 Å². The van der Waals surface area contributed by atoms with E-state index in [4.69, 9.17) is 5.73 Å². The maximum Gasteiger partial charge on any atom is 0.235 e. The van der Waals surface area contributed by atoms with Crippen molar-refractivity contribution in [1.29, 1.82) is 0 Å². The Balaban J connectivity index is 1.93. The van der Waals surface area contributed by atoms with Gasteiger partial charge in [-0.25, -0.2) is 0 Å². The predicted molar refractivity (Wildman–Crippen MR) is 88.2 cm³/mol. The molecule has 3 heteroatoms. The van der Waals surface area contributed by atoms with Crippen LogP contribution in [0.5, 0.6) is 0 Å². The molecule has 0 saturated carbocycles. The molecular weight excluding hydrogens is 278 g/mol. The minimum atomic E-state index is -0.368. The number of rotatable bonds is 4. The summed E-state index contributed by atoms with van der Waals surface area (Å²) in [5, 5.41) is 1.99. The van der Waals surface area contributed by atoms with Crippen molar-refractivity contribution in [1.82, 2.24) is 0 Å². The topological polar surface area (TPSA) is 43.1 Å². The number of fused-ring (bicyclic) bond motifs is 1. The van der Waals surface area contributed by atoms with Crippen LogP contribution in [0.1, 0.15) is 10.8 Å². The zero-order valence-electron chi connectivity index (χ0n) is 11.4. The quantitative estimate of drug-likeness (QED) is 0.734. The molecule has 0 saturated heterocycles. The molecule has 0 heterocycles. The Hall–Kier alpha value is -2.26. The Morgan fingerprint density at radius 1 is 0.857 bits per heavy atom. The summed E-state index contributed by atoms with van der Waals surface area (Å²) in [6.45, 7) is 0. The molecule has 0 aliphatic heterocycles. The van der Waals surface area contributed by atoms with Crippen LogP contribution in [0.15, 0.2) is 77.7 Å². The third kappa shape index (κ3) is 3.09. The zero-order chi connectivity index (χ0) is 14.7. The molecule has 2 nitrogen and oxygen atoms in total. The van der Waals surface area contributed by atoms with Gasteiger partial charge in [0, 0.05) is 4.90 Å². The van der Waals surface area contributed by atoms with E-state index in [2.05, 4.69) is 24.3 Å². The first-order valence-corrected chi connectivity index (χ1v) is 7.62. The molecular formula is C18H15NOS. The van der Waals surface area contributed by atoms with Crippen LogP contribution < -0.4 is 5.73 Å². The number of benzene rings is 3. The van der Waals surface area contributed by atoms with Gasteiger partial charge in [0.25, 0.3) is 0 Å². The van der Waals surface area contributed by atoms with E-state index in [0.717, 1.165) is 10.5 Å². The van der Waals surface area contributed by atoms with E-state index in [1.54, 1.807) is 0 Å². The van der Waals surface area contributed by atoms with Gasteiger partial charge in [-0.05, 0) is 28.5 Å². The summed E-state index contributed by atoms with van der Waals surface area (Å²) in [6.07, 6.45) is 0. The lowest BCUT2D eigenvalue weighted by Gasteiger charge is -2.13. The fraction of sp³-hybridized carbons (Fsp3) is 0.0556. The van der Waals surface area contributed by atoms with Crippen LogP contribution >= 0.6 is 11.8 Å². The molecule has 3 rings (SSSR count). The number of nitrogens with two attached hydrogens (primary N) is 1. The minimum Gasteiger partial charge on any atom is -0.368 e. The van der Waals surface area contributed by atoms with Crippen molar-refractivity contribution in [3.63, 3.8) is 0 Å². The van der Waals surface area contributed by atoms with Crippen molar-refractivity contribution in [2.24, 2.45) is 5.73 Å². The van der Waals surface area contributed by atoms with E-state index in [1.807, 2.05) is 48.5 Å². The summed E-state index contributed by atoms with van der Waals surface area (Å²) >= 11 is 1.49. The summed E-state index contributed by atoms with van der Waals surface area (Å²) in [6, 6.07) is 24.0. The Labute approximate surface area is 128 Å². The van der Waals surface area contributed by atoms with Gasteiger partial charge in [0.1, 0.15) is 5.25 Å². The molecule has 104 valence electrons. The van der Waals surface area contributed by atoms with Crippen LogP contribution in [0.25, 0.3) is 10.8 Å². The van der Waals surface area contributed by atoms with Crippen molar-refractivity contribution in [3.05, 3.63) is 78.4 Å². The lowest BCUT2D eigenvalue weighted by molar-refractivity contribution is -0.117. The highest BCUT2D eigenvalue weighted by atomic mass is 32.2. The van der Waals surface area contributed by atoms with Crippen molar-refractivity contribution in [2.45, 2.75) is 10.1 Å².